The zero-order valence-corrected chi connectivity index (χ0v) is 15.7. The summed E-state index contributed by atoms with van der Waals surface area (Å²) >= 11 is 4.64. The maximum absolute atomic E-state index is 12.6. The first-order chi connectivity index (χ1) is 12.2. The van der Waals surface area contributed by atoms with Gasteiger partial charge in [-0.05, 0) is 42.6 Å². The fourth-order valence-electron chi connectivity index (χ4n) is 2.37. The first kappa shape index (κ1) is 16.1. The van der Waals surface area contributed by atoms with Gasteiger partial charge in [-0.2, -0.15) is 11.3 Å². The maximum Gasteiger partial charge on any atom is 0.267 e. The molecule has 25 heavy (non-hydrogen) atoms. The number of thiophene rings is 1. The topological polar surface area (TPSA) is 54.9 Å². The molecule has 4 rings (SSSR count). The van der Waals surface area contributed by atoms with Crippen molar-refractivity contribution < 1.29 is 4.79 Å². The average Bonchev–Trinajstić information content (AvgIpc) is 3.37. The van der Waals surface area contributed by atoms with Crippen LogP contribution in [0.25, 0.3) is 21.1 Å². The SMILES string of the molecule is Cc1nc(-c2ccsc2)sc1C(=O)Nc1ccc(-c2nccs2)cc1. The lowest BCUT2D eigenvalue weighted by Gasteiger charge is -2.05. The molecule has 0 spiro atoms. The summed E-state index contributed by atoms with van der Waals surface area (Å²) in [6.45, 7) is 1.87. The molecule has 0 fully saturated rings. The summed E-state index contributed by atoms with van der Waals surface area (Å²) in [5.74, 6) is -0.126. The van der Waals surface area contributed by atoms with Crippen LogP contribution in [-0.4, -0.2) is 15.9 Å². The smallest absolute Gasteiger partial charge is 0.267 e. The number of benzene rings is 1. The summed E-state index contributed by atoms with van der Waals surface area (Å²) in [4.78, 5) is 22.0. The van der Waals surface area contributed by atoms with Crippen LogP contribution in [0.2, 0.25) is 0 Å². The highest BCUT2D eigenvalue weighted by molar-refractivity contribution is 7.17. The van der Waals surface area contributed by atoms with Crippen molar-refractivity contribution in [1.29, 1.82) is 0 Å². The molecule has 0 saturated carbocycles. The number of carbonyl (C=O) groups is 1. The Balaban J connectivity index is 1.52. The fraction of sp³-hybridized carbons (Fsp3) is 0.0556. The molecule has 0 aliphatic rings. The van der Waals surface area contributed by atoms with Gasteiger partial charge < -0.3 is 5.32 Å². The molecule has 0 aliphatic heterocycles. The molecule has 4 aromatic rings. The number of aromatic nitrogens is 2. The first-order valence-corrected chi connectivity index (χ1v) is 10.2. The van der Waals surface area contributed by atoms with Gasteiger partial charge in [-0.1, -0.05) is 0 Å². The van der Waals surface area contributed by atoms with E-state index in [2.05, 4.69) is 15.3 Å². The molecule has 0 atom stereocenters. The van der Waals surface area contributed by atoms with Crippen LogP contribution in [0.3, 0.4) is 0 Å². The van der Waals surface area contributed by atoms with Crippen molar-refractivity contribution in [2.24, 2.45) is 0 Å². The molecular weight excluding hydrogens is 370 g/mol. The van der Waals surface area contributed by atoms with E-state index >= 15 is 0 Å². The van der Waals surface area contributed by atoms with Gasteiger partial charge in [0.15, 0.2) is 0 Å². The monoisotopic (exact) mass is 383 g/mol. The Morgan fingerprint density at radius 1 is 1.04 bits per heavy atom. The van der Waals surface area contributed by atoms with E-state index in [0.29, 0.717) is 4.88 Å². The molecule has 0 saturated heterocycles. The van der Waals surface area contributed by atoms with Gasteiger partial charge in [0.2, 0.25) is 0 Å². The van der Waals surface area contributed by atoms with Crippen LogP contribution < -0.4 is 5.32 Å². The van der Waals surface area contributed by atoms with Crippen LogP contribution in [0, 0.1) is 6.92 Å². The number of rotatable bonds is 4. The predicted octanol–water partition coefficient (Wildman–Crippen LogP) is 5.56. The van der Waals surface area contributed by atoms with Crippen molar-refractivity contribution in [3.05, 3.63) is 63.2 Å². The van der Waals surface area contributed by atoms with Crippen molar-refractivity contribution in [3.8, 4) is 21.1 Å². The van der Waals surface area contributed by atoms with Gasteiger partial charge in [-0.25, -0.2) is 9.97 Å². The van der Waals surface area contributed by atoms with E-state index in [1.165, 1.54) is 11.3 Å². The number of aryl methyl sites for hydroxylation is 1. The Morgan fingerprint density at radius 2 is 1.88 bits per heavy atom. The zero-order chi connectivity index (χ0) is 17.2. The molecule has 4 nitrogen and oxygen atoms in total. The number of thiazole rings is 2. The van der Waals surface area contributed by atoms with Crippen molar-refractivity contribution in [1.82, 2.24) is 9.97 Å². The fourth-order valence-corrected chi connectivity index (χ4v) is 4.68. The summed E-state index contributed by atoms with van der Waals surface area (Å²) in [5.41, 5.74) is 3.62. The molecule has 3 aromatic heterocycles. The Labute approximate surface area is 156 Å². The number of hydrogen-bond acceptors (Lipinski definition) is 6. The van der Waals surface area contributed by atoms with Gasteiger partial charge in [-0.3, -0.25) is 4.79 Å². The third kappa shape index (κ3) is 3.39. The van der Waals surface area contributed by atoms with Crippen LogP contribution in [0.1, 0.15) is 15.4 Å². The number of anilines is 1. The highest BCUT2D eigenvalue weighted by Crippen LogP contribution is 2.30. The van der Waals surface area contributed by atoms with Gasteiger partial charge in [0.1, 0.15) is 14.9 Å². The van der Waals surface area contributed by atoms with Gasteiger partial charge in [0.05, 0.1) is 5.69 Å². The molecule has 7 heteroatoms. The lowest BCUT2D eigenvalue weighted by Crippen LogP contribution is -2.11. The second-order valence-electron chi connectivity index (χ2n) is 5.31. The average molecular weight is 384 g/mol. The molecule has 3 heterocycles. The van der Waals surface area contributed by atoms with E-state index in [1.54, 1.807) is 28.9 Å². The molecule has 0 aliphatic carbocycles. The van der Waals surface area contributed by atoms with Gasteiger partial charge >= 0.3 is 0 Å². The number of carbonyl (C=O) groups excluding carboxylic acids is 1. The van der Waals surface area contributed by atoms with Crippen LogP contribution in [0.5, 0.6) is 0 Å². The van der Waals surface area contributed by atoms with E-state index in [1.807, 2.05) is 53.4 Å². The summed E-state index contributed by atoms with van der Waals surface area (Å²) in [7, 11) is 0. The molecule has 1 N–H and O–H groups in total. The molecular formula is C18H13N3OS3. The maximum atomic E-state index is 12.6. The number of nitrogens with zero attached hydrogens (tertiary/aromatic N) is 2. The number of amides is 1. The van der Waals surface area contributed by atoms with Crippen LogP contribution in [0.4, 0.5) is 5.69 Å². The molecule has 0 radical (unpaired) electrons. The summed E-state index contributed by atoms with van der Waals surface area (Å²) in [6.07, 6.45) is 1.79. The van der Waals surface area contributed by atoms with E-state index in [-0.39, 0.29) is 5.91 Å². The lowest BCUT2D eigenvalue weighted by atomic mass is 10.2. The largest absolute Gasteiger partial charge is 0.321 e. The summed E-state index contributed by atoms with van der Waals surface area (Å²) < 4.78 is 0. The minimum Gasteiger partial charge on any atom is -0.321 e. The molecule has 0 bridgehead atoms. The Bertz CT molecular complexity index is 987. The Kier molecular flexibility index (Phi) is 4.44. The molecule has 1 aromatic carbocycles. The molecule has 124 valence electrons. The van der Waals surface area contributed by atoms with E-state index in [9.17, 15) is 4.79 Å². The summed E-state index contributed by atoms with van der Waals surface area (Å²) in [6, 6.07) is 9.73. The summed E-state index contributed by atoms with van der Waals surface area (Å²) in [5, 5.41) is 10.8. The lowest BCUT2D eigenvalue weighted by molar-refractivity contribution is 0.103. The Hall–Kier alpha value is -2.35. The second kappa shape index (κ2) is 6.87. The minimum atomic E-state index is -0.126. The van der Waals surface area contributed by atoms with Crippen molar-refractivity contribution in [3.63, 3.8) is 0 Å². The van der Waals surface area contributed by atoms with Crippen molar-refractivity contribution in [2.75, 3.05) is 5.32 Å². The Morgan fingerprint density at radius 3 is 2.56 bits per heavy atom. The normalized spacial score (nSPS) is 10.8. The van der Waals surface area contributed by atoms with Gasteiger partial charge in [-0.15, -0.1) is 22.7 Å². The van der Waals surface area contributed by atoms with E-state index in [4.69, 9.17) is 0 Å². The van der Waals surface area contributed by atoms with Crippen LogP contribution in [0.15, 0.2) is 52.7 Å². The van der Waals surface area contributed by atoms with E-state index < -0.39 is 0 Å². The number of nitrogens with one attached hydrogen (secondary N) is 1. The van der Waals surface area contributed by atoms with Crippen molar-refractivity contribution >= 4 is 45.6 Å². The first-order valence-electron chi connectivity index (χ1n) is 7.52. The van der Waals surface area contributed by atoms with Crippen LogP contribution >= 0.6 is 34.0 Å². The van der Waals surface area contributed by atoms with Crippen molar-refractivity contribution in [2.45, 2.75) is 6.92 Å². The molecule has 1 amide bonds. The van der Waals surface area contributed by atoms with Gasteiger partial charge in [0, 0.05) is 33.8 Å². The van der Waals surface area contributed by atoms with Gasteiger partial charge in [0.25, 0.3) is 5.91 Å². The highest BCUT2D eigenvalue weighted by Gasteiger charge is 2.16. The predicted molar refractivity (Wildman–Crippen MR) is 106 cm³/mol. The number of hydrogen-bond donors (Lipinski definition) is 1. The zero-order valence-electron chi connectivity index (χ0n) is 13.2. The van der Waals surface area contributed by atoms with Crippen LogP contribution in [-0.2, 0) is 0 Å². The minimum absolute atomic E-state index is 0.126. The third-order valence-corrected chi connectivity index (χ3v) is 6.30. The molecule has 0 unspecified atom stereocenters. The second-order valence-corrected chi connectivity index (χ2v) is 7.99. The highest BCUT2D eigenvalue weighted by atomic mass is 32.1. The standard InChI is InChI=1S/C18H13N3OS3/c1-11-15(25-18(20-11)13-6-8-23-10-13)16(22)21-14-4-2-12(3-5-14)17-19-7-9-24-17/h2-10H,1H3,(H,21,22). The quantitative estimate of drug-likeness (QED) is 0.502. The van der Waals surface area contributed by atoms with E-state index in [0.717, 1.165) is 32.5 Å². The third-order valence-electron chi connectivity index (χ3n) is 3.59.